The fourth-order valence-corrected chi connectivity index (χ4v) is 4.27. The van der Waals surface area contributed by atoms with Crippen LogP contribution in [-0.4, -0.2) is 63.7 Å². The quantitative estimate of drug-likeness (QED) is 0.705. The van der Waals surface area contributed by atoms with E-state index >= 15 is 0 Å². The Morgan fingerprint density at radius 2 is 2.09 bits per heavy atom. The number of hydrogen-bond donors (Lipinski definition) is 0. The SMILES string of the molecule is C=CCN1CC[C@H]2OCCC[C@@]2(COCC2CCOCC2)C1. The maximum Gasteiger partial charge on any atom is 0.0677 e. The molecule has 3 saturated heterocycles. The Morgan fingerprint density at radius 1 is 1.23 bits per heavy atom. The monoisotopic (exact) mass is 309 g/mol. The normalized spacial score (nSPS) is 34.3. The van der Waals surface area contributed by atoms with E-state index in [4.69, 9.17) is 14.2 Å². The Labute approximate surface area is 134 Å². The molecule has 4 heteroatoms. The fraction of sp³-hybridized carbons (Fsp3) is 0.889. The molecule has 4 nitrogen and oxygen atoms in total. The van der Waals surface area contributed by atoms with E-state index in [1.54, 1.807) is 0 Å². The zero-order chi connectivity index (χ0) is 15.3. The van der Waals surface area contributed by atoms with Crippen molar-refractivity contribution >= 4 is 0 Å². The van der Waals surface area contributed by atoms with Crippen LogP contribution in [0.2, 0.25) is 0 Å². The van der Waals surface area contributed by atoms with E-state index in [-0.39, 0.29) is 5.41 Å². The fourth-order valence-electron chi connectivity index (χ4n) is 4.27. The molecule has 3 fully saturated rings. The lowest BCUT2D eigenvalue weighted by atomic mass is 9.73. The minimum absolute atomic E-state index is 0.199. The first-order chi connectivity index (χ1) is 10.8. The molecule has 0 amide bonds. The molecule has 3 aliphatic rings. The van der Waals surface area contributed by atoms with Gasteiger partial charge >= 0.3 is 0 Å². The summed E-state index contributed by atoms with van der Waals surface area (Å²) in [5, 5.41) is 0. The molecule has 0 aromatic carbocycles. The summed E-state index contributed by atoms with van der Waals surface area (Å²) in [6.45, 7) is 11.6. The van der Waals surface area contributed by atoms with Crippen molar-refractivity contribution in [2.24, 2.45) is 11.3 Å². The zero-order valence-corrected chi connectivity index (χ0v) is 13.8. The van der Waals surface area contributed by atoms with Crippen molar-refractivity contribution in [2.75, 3.05) is 52.7 Å². The maximum absolute atomic E-state index is 6.21. The van der Waals surface area contributed by atoms with Crippen molar-refractivity contribution in [1.82, 2.24) is 4.90 Å². The van der Waals surface area contributed by atoms with Gasteiger partial charge in [-0.3, -0.25) is 4.90 Å². The molecule has 126 valence electrons. The van der Waals surface area contributed by atoms with Crippen molar-refractivity contribution in [3.05, 3.63) is 12.7 Å². The minimum atomic E-state index is 0.199. The van der Waals surface area contributed by atoms with Gasteiger partial charge in [0.15, 0.2) is 0 Å². The molecular formula is C18H31NO3. The van der Waals surface area contributed by atoms with Crippen molar-refractivity contribution in [1.29, 1.82) is 0 Å². The van der Waals surface area contributed by atoms with Gasteiger partial charge in [-0.25, -0.2) is 0 Å². The predicted octanol–water partition coefficient (Wildman–Crippen LogP) is 2.49. The topological polar surface area (TPSA) is 30.9 Å². The number of likely N-dealkylation sites (tertiary alicyclic amines) is 1. The van der Waals surface area contributed by atoms with Crippen molar-refractivity contribution in [2.45, 2.75) is 38.2 Å². The smallest absolute Gasteiger partial charge is 0.0677 e. The standard InChI is InChI=1S/C18H31NO3/c1-2-8-19-9-4-17-18(14-19,7-3-10-22-17)15-21-13-16-5-11-20-12-6-16/h2,16-17H,1,3-15H2/t17-,18+/m1/s1. The summed E-state index contributed by atoms with van der Waals surface area (Å²) in [6.07, 6.45) is 8.23. The van der Waals surface area contributed by atoms with Crippen LogP contribution in [0.3, 0.4) is 0 Å². The van der Waals surface area contributed by atoms with Crippen LogP contribution in [0.5, 0.6) is 0 Å². The van der Waals surface area contributed by atoms with Crippen LogP contribution < -0.4 is 0 Å². The molecule has 0 unspecified atom stereocenters. The molecule has 2 atom stereocenters. The van der Waals surface area contributed by atoms with Gasteiger partial charge in [0.2, 0.25) is 0 Å². The lowest BCUT2D eigenvalue weighted by Crippen LogP contribution is -2.57. The van der Waals surface area contributed by atoms with E-state index in [9.17, 15) is 0 Å². The van der Waals surface area contributed by atoms with Gasteiger partial charge in [-0.2, -0.15) is 0 Å². The zero-order valence-electron chi connectivity index (χ0n) is 13.8. The summed E-state index contributed by atoms with van der Waals surface area (Å²) < 4.78 is 17.7. The summed E-state index contributed by atoms with van der Waals surface area (Å²) in [4.78, 5) is 2.51. The minimum Gasteiger partial charge on any atom is -0.381 e. The second-order valence-corrected chi connectivity index (χ2v) is 7.21. The molecular weight excluding hydrogens is 278 g/mol. The molecule has 22 heavy (non-hydrogen) atoms. The summed E-state index contributed by atoms with van der Waals surface area (Å²) in [5.41, 5.74) is 0.199. The highest BCUT2D eigenvalue weighted by atomic mass is 16.5. The first kappa shape index (κ1) is 16.4. The first-order valence-corrected chi connectivity index (χ1v) is 8.93. The van der Waals surface area contributed by atoms with Crippen LogP contribution in [0.1, 0.15) is 32.1 Å². The molecule has 3 heterocycles. The lowest BCUT2D eigenvalue weighted by Gasteiger charge is -2.50. The second kappa shape index (κ2) is 7.91. The number of nitrogens with zero attached hydrogens (tertiary/aromatic N) is 1. The summed E-state index contributed by atoms with van der Waals surface area (Å²) in [6, 6.07) is 0. The molecule has 0 saturated carbocycles. The number of rotatable bonds is 6. The molecule has 0 aromatic heterocycles. The van der Waals surface area contributed by atoms with E-state index in [2.05, 4.69) is 11.5 Å². The van der Waals surface area contributed by atoms with Gasteiger partial charge in [0, 0.05) is 51.5 Å². The third kappa shape index (κ3) is 3.91. The van der Waals surface area contributed by atoms with Gasteiger partial charge < -0.3 is 14.2 Å². The van der Waals surface area contributed by atoms with Crippen molar-refractivity contribution < 1.29 is 14.2 Å². The molecule has 0 aromatic rings. The summed E-state index contributed by atoms with van der Waals surface area (Å²) in [5.74, 6) is 0.681. The molecule has 0 bridgehead atoms. The maximum atomic E-state index is 6.21. The Kier molecular flexibility index (Phi) is 5.91. The predicted molar refractivity (Wildman–Crippen MR) is 87.0 cm³/mol. The van der Waals surface area contributed by atoms with Gasteiger partial charge in [0.25, 0.3) is 0 Å². The van der Waals surface area contributed by atoms with Gasteiger partial charge in [-0.1, -0.05) is 6.08 Å². The van der Waals surface area contributed by atoms with Crippen LogP contribution in [0.4, 0.5) is 0 Å². The third-order valence-electron chi connectivity index (χ3n) is 5.54. The van der Waals surface area contributed by atoms with E-state index in [0.29, 0.717) is 12.0 Å². The van der Waals surface area contributed by atoms with Crippen LogP contribution in [0.25, 0.3) is 0 Å². The Hall–Kier alpha value is -0.420. The third-order valence-corrected chi connectivity index (χ3v) is 5.54. The largest absolute Gasteiger partial charge is 0.381 e. The Bertz CT molecular complexity index is 356. The van der Waals surface area contributed by atoms with Gasteiger partial charge in [0.05, 0.1) is 12.7 Å². The van der Waals surface area contributed by atoms with Gasteiger partial charge in [-0.05, 0) is 38.0 Å². The highest BCUT2D eigenvalue weighted by molar-refractivity contribution is 4.97. The number of fused-ring (bicyclic) bond motifs is 1. The highest BCUT2D eigenvalue weighted by Crippen LogP contribution is 2.40. The van der Waals surface area contributed by atoms with E-state index in [1.165, 1.54) is 12.8 Å². The van der Waals surface area contributed by atoms with Crippen LogP contribution in [0, 0.1) is 11.3 Å². The van der Waals surface area contributed by atoms with E-state index in [1.807, 2.05) is 6.08 Å². The van der Waals surface area contributed by atoms with Gasteiger partial charge in [-0.15, -0.1) is 6.58 Å². The van der Waals surface area contributed by atoms with E-state index < -0.39 is 0 Å². The van der Waals surface area contributed by atoms with Gasteiger partial charge in [0.1, 0.15) is 0 Å². The van der Waals surface area contributed by atoms with Crippen molar-refractivity contribution in [3.8, 4) is 0 Å². The molecule has 3 aliphatic heterocycles. The average molecular weight is 309 g/mol. The molecule has 0 aliphatic carbocycles. The molecule has 0 radical (unpaired) electrons. The summed E-state index contributed by atoms with van der Waals surface area (Å²) in [7, 11) is 0. The highest BCUT2D eigenvalue weighted by Gasteiger charge is 2.45. The Morgan fingerprint density at radius 3 is 2.91 bits per heavy atom. The Balaban J connectivity index is 1.54. The van der Waals surface area contributed by atoms with Crippen LogP contribution in [-0.2, 0) is 14.2 Å². The lowest BCUT2D eigenvalue weighted by molar-refractivity contribution is -0.154. The second-order valence-electron chi connectivity index (χ2n) is 7.21. The number of piperidine rings is 1. The van der Waals surface area contributed by atoms with E-state index in [0.717, 1.165) is 71.9 Å². The van der Waals surface area contributed by atoms with Crippen LogP contribution in [0.15, 0.2) is 12.7 Å². The molecule has 3 rings (SSSR count). The number of hydrogen-bond acceptors (Lipinski definition) is 4. The van der Waals surface area contributed by atoms with Crippen LogP contribution >= 0.6 is 0 Å². The summed E-state index contributed by atoms with van der Waals surface area (Å²) >= 11 is 0. The average Bonchev–Trinajstić information content (AvgIpc) is 2.56. The number of ether oxygens (including phenoxy) is 3. The molecule has 0 spiro atoms. The molecule has 0 N–H and O–H groups in total. The first-order valence-electron chi connectivity index (χ1n) is 8.93. The van der Waals surface area contributed by atoms with Crippen molar-refractivity contribution in [3.63, 3.8) is 0 Å².